The molecule has 1 N–H and O–H groups in total. The Morgan fingerprint density at radius 1 is 1.07 bits per heavy atom. The highest BCUT2D eigenvalue weighted by Gasteiger charge is 2.27. The zero-order chi connectivity index (χ0) is 21.5. The number of benzene rings is 2. The van der Waals surface area contributed by atoms with Crippen LogP contribution in [0.25, 0.3) is 0 Å². The Morgan fingerprint density at radius 2 is 1.73 bits per heavy atom. The number of carbonyl (C=O) groups is 2. The Labute approximate surface area is 176 Å². The van der Waals surface area contributed by atoms with Crippen molar-refractivity contribution in [3.05, 3.63) is 59.4 Å². The fraction of sp³-hybridized carbons (Fsp3) is 0.391. The largest absolute Gasteiger partial charge is 0.486 e. The van der Waals surface area contributed by atoms with Gasteiger partial charge in [0.15, 0.2) is 11.5 Å². The van der Waals surface area contributed by atoms with Crippen molar-refractivity contribution >= 4 is 11.8 Å². The van der Waals surface area contributed by atoms with Gasteiger partial charge >= 0.3 is 0 Å². The van der Waals surface area contributed by atoms with E-state index in [0.717, 1.165) is 11.1 Å². The van der Waals surface area contributed by atoms with E-state index in [0.29, 0.717) is 37.6 Å². The molecular weight excluding hydrogens is 387 g/mol. The summed E-state index contributed by atoms with van der Waals surface area (Å²) in [5, 5.41) is 2.63. The van der Waals surface area contributed by atoms with Crippen molar-refractivity contribution in [1.29, 1.82) is 0 Å². The van der Waals surface area contributed by atoms with Crippen molar-refractivity contribution in [2.45, 2.75) is 38.8 Å². The number of halogens is 1. The molecule has 7 heteroatoms. The summed E-state index contributed by atoms with van der Waals surface area (Å²) >= 11 is 0. The molecule has 0 radical (unpaired) electrons. The van der Waals surface area contributed by atoms with Crippen LogP contribution in [0, 0.1) is 5.82 Å². The molecule has 0 unspecified atom stereocenters. The molecule has 2 aromatic rings. The average molecular weight is 414 g/mol. The molecule has 1 aliphatic rings. The van der Waals surface area contributed by atoms with Gasteiger partial charge in [-0.3, -0.25) is 9.59 Å². The number of likely N-dealkylation sites (N-methyl/N-ethyl adjacent to an activating group) is 1. The number of fused-ring (bicyclic) bond motifs is 1. The lowest BCUT2D eigenvalue weighted by molar-refractivity contribution is -0.141. The van der Waals surface area contributed by atoms with Gasteiger partial charge in [-0.25, -0.2) is 4.39 Å². The highest BCUT2D eigenvalue weighted by Crippen LogP contribution is 2.31. The number of hydrogen-bond acceptors (Lipinski definition) is 4. The molecule has 0 bridgehead atoms. The van der Waals surface area contributed by atoms with Gasteiger partial charge in [-0.2, -0.15) is 0 Å². The Morgan fingerprint density at radius 3 is 2.40 bits per heavy atom. The normalized spacial score (nSPS) is 13.4. The van der Waals surface area contributed by atoms with Crippen LogP contribution in [0.5, 0.6) is 11.5 Å². The van der Waals surface area contributed by atoms with Gasteiger partial charge in [-0.15, -0.1) is 0 Å². The van der Waals surface area contributed by atoms with Crippen LogP contribution in [0.4, 0.5) is 4.39 Å². The first-order valence-electron chi connectivity index (χ1n) is 10.2. The van der Waals surface area contributed by atoms with Crippen LogP contribution in [0.15, 0.2) is 42.5 Å². The third-order valence-electron chi connectivity index (χ3n) is 5.13. The van der Waals surface area contributed by atoms with Crippen LogP contribution >= 0.6 is 0 Å². The minimum absolute atomic E-state index is 0.135. The van der Waals surface area contributed by atoms with E-state index in [4.69, 9.17) is 9.47 Å². The molecule has 1 heterocycles. The van der Waals surface area contributed by atoms with Crippen molar-refractivity contribution in [2.24, 2.45) is 0 Å². The molecule has 3 rings (SSSR count). The molecule has 0 spiro atoms. The Hall–Kier alpha value is -3.09. The van der Waals surface area contributed by atoms with Gasteiger partial charge < -0.3 is 19.7 Å². The van der Waals surface area contributed by atoms with Gasteiger partial charge in [-0.1, -0.05) is 25.1 Å². The predicted molar refractivity (Wildman–Crippen MR) is 111 cm³/mol. The quantitative estimate of drug-likeness (QED) is 0.721. The summed E-state index contributed by atoms with van der Waals surface area (Å²) in [6, 6.07) is 11.0. The van der Waals surface area contributed by atoms with Crippen LogP contribution in [-0.4, -0.2) is 43.0 Å². The highest BCUT2D eigenvalue weighted by atomic mass is 19.1. The Kier molecular flexibility index (Phi) is 7.27. The van der Waals surface area contributed by atoms with Crippen LogP contribution in [0.2, 0.25) is 0 Å². The SMILES string of the molecule is CC[C@@H](C(=O)NC)N(Cc1ccc(F)cc1)C(=O)CCc1ccc2c(c1)OCCO2. The van der Waals surface area contributed by atoms with Crippen molar-refractivity contribution in [3.8, 4) is 11.5 Å². The average Bonchev–Trinajstić information content (AvgIpc) is 2.78. The number of hydrogen-bond donors (Lipinski definition) is 1. The first kappa shape index (κ1) is 21.6. The third-order valence-corrected chi connectivity index (χ3v) is 5.13. The van der Waals surface area contributed by atoms with Crippen LogP contribution in [0.1, 0.15) is 30.9 Å². The van der Waals surface area contributed by atoms with E-state index >= 15 is 0 Å². The monoisotopic (exact) mass is 414 g/mol. The lowest BCUT2D eigenvalue weighted by Crippen LogP contribution is -2.48. The van der Waals surface area contributed by atoms with Gasteiger partial charge in [0.1, 0.15) is 25.1 Å². The third kappa shape index (κ3) is 5.28. The second-order valence-electron chi connectivity index (χ2n) is 7.16. The number of amides is 2. The summed E-state index contributed by atoms with van der Waals surface area (Å²) in [6.45, 7) is 3.14. The predicted octanol–water partition coefficient (Wildman–Crippen LogP) is 3.08. The second kappa shape index (κ2) is 10.1. The number of ether oxygens (including phenoxy) is 2. The maximum Gasteiger partial charge on any atom is 0.242 e. The fourth-order valence-electron chi connectivity index (χ4n) is 3.51. The van der Waals surface area contributed by atoms with E-state index in [-0.39, 0.29) is 30.6 Å². The van der Waals surface area contributed by atoms with Crippen LogP contribution < -0.4 is 14.8 Å². The lowest BCUT2D eigenvalue weighted by Gasteiger charge is -2.30. The Balaban J connectivity index is 1.73. The van der Waals surface area contributed by atoms with E-state index in [1.165, 1.54) is 12.1 Å². The molecular formula is C23H27FN2O4. The molecule has 6 nitrogen and oxygen atoms in total. The molecule has 160 valence electrons. The first-order chi connectivity index (χ1) is 14.5. The molecule has 2 aromatic carbocycles. The fourth-order valence-corrected chi connectivity index (χ4v) is 3.51. The topological polar surface area (TPSA) is 67.9 Å². The summed E-state index contributed by atoms with van der Waals surface area (Å²) in [5.74, 6) is 0.705. The zero-order valence-electron chi connectivity index (χ0n) is 17.3. The van der Waals surface area contributed by atoms with Gasteiger partial charge in [0, 0.05) is 20.0 Å². The number of nitrogens with one attached hydrogen (secondary N) is 1. The van der Waals surface area contributed by atoms with Crippen molar-refractivity contribution in [2.75, 3.05) is 20.3 Å². The number of rotatable bonds is 8. The number of nitrogens with zero attached hydrogens (tertiary/aromatic N) is 1. The minimum Gasteiger partial charge on any atom is -0.486 e. The molecule has 0 aliphatic carbocycles. The van der Waals surface area contributed by atoms with Crippen LogP contribution in [-0.2, 0) is 22.6 Å². The van der Waals surface area contributed by atoms with Crippen molar-refractivity contribution in [1.82, 2.24) is 10.2 Å². The molecule has 2 amide bonds. The summed E-state index contributed by atoms with van der Waals surface area (Å²) in [7, 11) is 1.56. The van der Waals surface area contributed by atoms with E-state index in [1.807, 2.05) is 25.1 Å². The van der Waals surface area contributed by atoms with E-state index in [9.17, 15) is 14.0 Å². The summed E-state index contributed by atoms with van der Waals surface area (Å²) in [6.07, 6.45) is 1.24. The molecule has 30 heavy (non-hydrogen) atoms. The molecule has 1 aliphatic heterocycles. The maximum absolute atomic E-state index is 13.3. The van der Waals surface area contributed by atoms with E-state index in [1.54, 1.807) is 24.1 Å². The van der Waals surface area contributed by atoms with Gasteiger partial charge in [0.2, 0.25) is 11.8 Å². The smallest absolute Gasteiger partial charge is 0.242 e. The van der Waals surface area contributed by atoms with Crippen molar-refractivity contribution < 1.29 is 23.5 Å². The molecule has 0 fully saturated rings. The number of aryl methyl sites for hydroxylation is 1. The standard InChI is InChI=1S/C23H27FN2O4/c1-3-19(23(28)25-2)26(15-17-4-8-18(24)9-5-17)22(27)11-7-16-6-10-20-21(14-16)30-13-12-29-20/h4-6,8-10,14,19H,3,7,11-13,15H2,1-2H3,(H,25,28)/t19-/m0/s1. The van der Waals surface area contributed by atoms with E-state index in [2.05, 4.69) is 5.32 Å². The van der Waals surface area contributed by atoms with E-state index < -0.39 is 6.04 Å². The van der Waals surface area contributed by atoms with Gasteiger partial charge in [0.25, 0.3) is 0 Å². The minimum atomic E-state index is -0.590. The van der Waals surface area contributed by atoms with Gasteiger partial charge in [0.05, 0.1) is 0 Å². The zero-order valence-corrected chi connectivity index (χ0v) is 17.3. The molecule has 0 saturated heterocycles. The summed E-state index contributed by atoms with van der Waals surface area (Å²) < 4.78 is 24.4. The van der Waals surface area contributed by atoms with Crippen LogP contribution in [0.3, 0.4) is 0 Å². The van der Waals surface area contributed by atoms with Gasteiger partial charge in [-0.05, 0) is 48.2 Å². The summed E-state index contributed by atoms with van der Waals surface area (Å²) in [5.41, 5.74) is 1.73. The second-order valence-corrected chi connectivity index (χ2v) is 7.16. The molecule has 0 aromatic heterocycles. The number of carbonyl (C=O) groups excluding carboxylic acids is 2. The summed E-state index contributed by atoms with van der Waals surface area (Å²) in [4.78, 5) is 27.1. The lowest BCUT2D eigenvalue weighted by atomic mass is 10.1. The maximum atomic E-state index is 13.3. The highest BCUT2D eigenvalue weighted by molar-refractivity contribution is 5.87. The first-order valence-corrected chi connectivity index (χ1v) is 10.2. The Bertz CT molecular complexity index is 885. The molecule has 1 atom stereocenters. The van der Waals surface area contributed by atoms with Crippen molar-refractivity contribution in [3.63, 3.8) is 0 Å². The molecule has 0 saturated carbocycles.